The van der Waals surface area contributed by atoms with Gasteiger partial charge < -0.3 is 5.32 Å². The predicted octanol–water partition coefficient (Wildman–Crippen LogP) is 7.43. The molecule has 0 fully saturated rings. The monoisotopic (exact) mass is 448 g/mol. The van der Waals surface area contributed by atoms with E-state index in [4.69, 9.17) is 0 Å². The van der Waals surface area contributed by atoms with Crippen molar-refractivity contribution in [3.63, 3.8) is 0 Å². The summed E-state index contributed by atoms with van der Waals surface area (Å²) in [5.74, 6) is -0.530. The Bertz CT molecular complexity index is 928. The number of nitrogens with one attached hydrogen (secondary N) is 1. The fourth-order valence-corrected chi connectivity index (χ4v) is 5.29. The average molecular weight is 449 g/mol. The van der Waals surface area contributed by atoms with E-state index in [0.29, 0.717) is 6.42 Å². The van der Waals surface area contributed by atoms with E-state index in [1.807, 2.05) is 23.9 Å². The van der Waals surface area contributed by atoms with Crippen LogP contribution in [0.2, 0.25) is 0 Å². The van der Waals surface area contributed by atoms with Gasteiger partial charge in [0, 0.05) is 18.2 Å². The lowest BCUT2D eigenvalue weighted by atomic mass is 10.1. The van der Waals surface area contributed by atoms with E-state index < -0.39 is 11.6 Å². The molecule has 1 amide bonds. The second-order valence-electron chi connectivity index (χ2n) is 7.19. The Kier molecular flexibility index (Phi) is 9.08. The third kappa shape index (κ3) is 7.36. The van der Waals surface area contributed by atoms with Crippen molar-refractivity contribution in [1.82, 2.24) is 4.98 Å². The molecule has 3 aromatic rings. The van der Waals surface area contributed by atoms with E-state index in [2.05, 4.69) is 22.4 Å². The zero-order valence-corrected chi connectivity index (χ0v) is 18.5. The lowest BCUT2D eigenvalue weighted by molar-refractivity contribution is -0.116. The van der Waals surface area contributed by atoms with Crippen molar-refractivity contribution in [2.24, 2.45) is 0 Å². The summed E-state index contributed by atoms with van der Waals surface area (Å²) in [6.07, 6.45) is 7.99. The molecule has 1 aromatic heterocycles. The van der Waals surface area contributed by atoms with Gasteiger partial charge in [0.05, 0.1) is 15.9 Å². The second-order valence-corrected chi connectivity index (χ2v) is 9.57. The van der Waals surface area contributed by atoms with Crippen LogP contribution in [0.15, 0.2) is 46.8 Å². The quantitative estimate of drug-likeness (QED) is 0.231. The van der Waals surface area contributed by atoms with Crippen LogP contribution in [-0.4, -0.2) is 16.6 Å². The van der Waals surface area contributed by atoms with E-state index in [-0.39, 0.29) is 11.6 Å². The summed E-state index contributed by atoms with van der Waals surface area (Å²) < 4.78 is 28.8. The summed E-state index contributed by atoms with van der Waals surface area (Å²) in [5, 5.41) is 2.50. The molecular formula is C23H26F2N2OS2. The molecule has 0 spiro atoms. The van der Waals surface area contributed by atoms with Gasteiger partial charge in [-0.1, -0.05) is 56.0 Å². The number of unbranched alkanes of at least 4 members (excludes halogenated alkanes) is 6. The van der Waals surface area contributed by atoms with Gasteiger partial charge in [0.2, 0.25) is 5.91 Å². The number of carbonyl (C=O) groups is 1. The minimum Gasteiger partial charge on any atom is -0.324 e. The van der Waals surface area contributed by atoms with E-state index >= 15 is 0 Å². The van der Waals surface area contributed by atoms with Crippen molar-refractivity contribution < 1.29 is 13.6 Å². The van der Waals surface area contributed by atoms with Crippen LogP contribution < -0.4 is 5.32 Å². The number of anilines is 1. The van der Waals surface area contributed by atoms with Gasteiger partial charge in [0.15, 0.2) is 4.34 Å². The minimum atomic E-state index is -0.746. The average Bonchev–Trinajstić information content (AvgIpc) is 3.14. The lowest BCUT2D eigenvalue weighted by Crippen LogP contribution is -2.12. The first kappa shape index (κ1) is 22.7. The van der Waals surface area contributed by atoms with E-state index in [0.717, 1.165) is 47.0 Å². The smallest absolute Gasteiger partial charge is 0.224 e. The van der Waals surface area contributed by atoms with Gasteiger partial charge in [-0.05, 0) is 37.1 Å². The van der Waals surface area contributed by atoms with Gasteiger partial charge in [0.1, 0.15) is 11.6 Å². The normalized spacial score (nSPS) is 11.1. The van der Waals surface area contributed by atoms with Crippen molar-refractivity contribution >= 4 is 44.9 Å². The van der Waals surface area contributed by atoms with Gasteiger partial charge in [0.25, 0.3) is 0 Å². The maximum absolute atomic E-state index is 13.5. The predicted molar refractivity (Wildman–Crippen MR) is 122 cm³/mol. The number of rotatable bonds is 12. The molecule has 0 aliphatic rings. The van der Waals surface area contributed by atoms with Crippen LogP contribution in [0.4, 0.5) is 14.5 Å². The van der Waals surface area contributed by atoms with E-state index in [9.17, 15) is 13.6 Å². The highest BCUT2D eigenvalue weighted by molar-refractivity contribution is 8.01. The lowest BCUT2D eigenvalue weighted by Gasteiger charge is -2.06. The summed E-state index contributed by atoms with van der Waals surface area (Å²) in [6.45, 7) is 0. The molecule has 0 unspecified atom stereocenters. The summed E-state index contributed by atoms with van der Waals surface area (Å²) in [4.78, 5) is 16.5. The summed E-state index contributed by atoms with van der Waals surface area (Å²) in [7, 11) is 0. The van der Waals surface area contributed by atoms with Gasteiger partial charge >= 0.3 is 0 Å². The number of halogens is 2. The number of amides is 1. The molecule has 160 valence electrons. The number of benzene rings is 2. The van der Waals surface area contributed by atoms with Crippen LogP contribution in [0.25, 0.3) is 10.2 Å². The molecule has 0 atom stereocenters. The van der Waals surface area contributed by atoms with Crippen molar-refractivity contribution in [3.8, 4) is 0 Å². The summed E-state index contributed by atoms with van der Waals surface area (Å²) >= 11 is 3.60. The maximum Gasteiger partial charge on any atom is 0.224 e. The molecular weight excluding hydrogens is 422 g/mol. The first-order valence-corrected chi connectivity index (χ1v) is 12.2. The van der Waals surface area contributed by atoms with Crippen LogP contribution >= 0.6 is 23.1 Å². The maximum atomic E-state index is 13.5. The van der Waals surface area contributed by atoms with Crippen molar-refractivity contribution in [2.45, 2.75) is 55.7 Å². The molecule has 0 saturated carbocycles. The molecule has 2 aromatic carbocycles. The van der Waals surface area contributed by atoms with Crippen molar-refractivity contribution in [2.75, 3.05) is 11.1 Å². The SMILES string of the molecule is O=C(CCCCCCCCCSc1nc2ccccc2s1)Nc1ccc(F)cc1F. The molecule has 3 rings (SSSR count). The molecule has 30 heavy (non-hydrogen) atoms. The Balaban J connectivity index is 1.18. The van der Waals surface area contributed by atoms with Crippen LogP contribution in [-0.2, 0) is 4.79 Å². The molecule has 0 radical (unpaired) electrons. The largest absolute Gasteiger partial charge is 0.324 e. The number of fused-ring (bicyclic) bond motifs is 1. The first-order valence-electron chi connectivity index (χ1n) is 10.3. The number of carbonyl (C=O) groups excluding carboxylic acids is 1. The topological polar surface area (TPSA) is 42.0 Å². The van der Waals surface area contributed by atoms with E-state index in [1.165, 1.54) is 36.4 Å². The number of nitrogens with zero attached hydrogens (tertiary/aromatic N) is 1. The Morgan fingerprint density at radius 3 is 2.47 bits per heavy atom. The summed E-state index contributed by atoms with van der Waals surface area (Å²) in [6, 6.07) is 11.4. The molecule has 0 aliphatic carbocycles. The van der Waals surface area contributed by atoms with Gasteiger partial charge in [-0.25, -0.2) is 13.8 Å². The van der Waals surface area contributed by atoms with Gasteiger partial charge in [-0.2, -0.15) is 0 Å². The van der Waals surface area contributed by atoms with Crippen molar-refractivity contribution in [1.29, 1.82) is 0 Å². The van der Waals surface area contributed by atoms with Gasteiger partial charge in [-0.3, -0.25) is 4.79 Å². The highest BCUT2D eigenvalue weighted by Crippen LogP contribution is 2.29. The molecule has 3 nitrogen and oxygen atoms in total. The zero-order valence-electron chi connectivity index (χ0n) is 16.8. The second kappa shape index (κ2) is 12.0. The minimum absolute atomic E-state index is 0.0325. The molecule has 0 saturated heterocycles. The third-order valence-electron chi connectivity index (χ3n) is 4.75. The Hall–Kier alpha value is -1.99. The zero-order chi connectivity index (χ0) is 21.2. The molecule has 1 N–H and O–H groups in total. The number of hydrogen-bond acceptors (Lipinski definition) is 4. The molecule has 1 heterocycles. The standard InChI is InChI=1S/C23H26F2N2OS2/c24-17-13-14-19(18(25)16-17)26-22(28)12-6-4-2-1-3-5-9-15-29-23-27-20-10-7-8-11-21(20)30-23/h7-8,10-11,13-14,16H,1-6,9,12,15H2,(H,26,28). The van der Waals surface area contributed by atoms with Gasteiger partial charge in [-0.15, -0.1) is 11.3 Å². The van der Waals surface area contributed by atoms with Crippen LogP contribution in [0.5, 0.6) is 0 Å². The number of para-hydroxylation sites is 1. The number of aromatic nitrogens is 1. The van der Waals surface area contributed by atoms with Crippen LogP contribution in [0.1, 0.15) is 51.4 Å². The fraction of sp³-hybridized carbons (Fsp3) is 0.391. The number of thiazole rings is 1. The first-order chi connectivity index (χ1) is 14.6. The number of thioether (sulfide) groups is 1. The molecule has 7 heteroatoms. The number of hydrogen-bond donors (Lipinski definition) is 1. The third-order valence-corrected chi connectivity index (χ3v) is 7.02. The fourth-order valence-electron chi connectivity index (χ4n) is 3.15. The van der Waals surface area contributed by atoms with E-state index in [1.54, 1.807) is 11.3 Å². The Morgan fingerprint density at radius 1 is 0.967 bits per heavy atom. The van der Waals surface area contributed by atoms with Crippen molar-refractivity contribution in [3.05, 3.63) is 54.1 Å². The molecule has 0 bridgehead atoms. The van der Waals surface area contributed by atoms with Crippen LogP contribution in [0.3, 0.4) is 0 Å². The highest BCUT2D eigenvalue weighted by Gasteiger charge is 2.08. The Morgan fingerprint density at radius 2 is 1.70 bits per heavy atom. The Labute approximate surface area is 184 Å². The summed E-state index contributed by atoms with van der Waals surface area (Å²) in [5.41, 5.74) is 1.12. The highest BCUT2D eigenvalue weighted by atomic mass is 32.2. The van der Waals surface area contributed by atoms with Crippen LogP contribution in [0, 0.1) is 11.6 Å². The molecule has 0 aliphatic heterocycles.